The molecule has 3 heterocycles. The number of nitrogens with one attached hydrogen (secondary N) is 1. The van der Waals surface area contributed by atoms with Crippen LogP contribution >= 0.6 is 11.3 Å². The molecular formula is C23H25N5OS. The summed E-state index contributed by atoms with van der Waals surface area (Å²) in [4.78, 5) is 25.9. The molecule has 4 rings (SSSR count). The topological polar surface area (TPSA) is 61.4 Å². The van der Waals surface area contributed by atoms with Crippen LogP contribution in [0.2, 0.25) is 0 Å². The fraction of sp³-hybridized carbons (Fsp3) is 0.261. The highest BCUT2D eigenvalue weighted by Crippen LogP contribution is 2.21. The average Bonchev–Trinajstić information content (AvgIpc) is 3.23. The Morgan fingerprint density at radius 2 is 1.87 bits per heavy atom. The van der Waals surface area contributed by atoms with E-state index in [2.05, 4.69) is 44.5 Å². The zero-order chi connectivity index (χ0) is 20.8. The lowest BCUT2D eigenvalue weighted by atomic mass is 10.2. The number of hydrogen-bond acceptors (Lipinski definition) is 6. The van der Waals surface area contributed by atoms with Crippen molar-refractivity contribution >= 4 is 34.3 Å². The van der Waals surface area contributed by atoms with Crippen LogP contribution in [0.4, 0.5) is 10.9 Å². The largest absolute Gasteiger partial charge is 0.335 e. The Bertz CT molecular complexity index is 1010. The zero-order valence-corrected chi connectivity index (χ0v) is 17.8. The summed E-state index contributed by atoms with van der Waals surface area (Å²) < 4.78 is 0. The van der Waals surface area contributed by atoms with Crippen LogP contribution < -0.4 is 5.32 Å². The van der Waals surface area contributed by atoms with Gasteiger partial charge < -0.3 is 10.2 Å². The number of carbonyl (C=O) groups excluding carboxylic acids is 1. The molecule has 0 spiro atoms. The number of hydrogen-bond donors (Lipinski definition) is 1. The van der Waals surface area contributed by atoms with E-state index in [0.717, 1.165) is 44.2 Å². The first-order chi connectivity index (χ1) is 14.7. The molecule has 0 unspecified atom stereocenters. The molecule has 3 aromatic rings. The lowest BCUT2D eigenvalue weighted by molar-refractivity contribution is 0.0645. The second-order valence-corrected chi connectivity index (χ2v) is 8.09. The second kappa shape index (κ2) is 9.65. The molecule has 154 valence electrons. The van der Waals surface area contributed by atoms with Gasteiger partial charge in [0.2, 0.25) is 0 Å². The van der Waals surface area contributed by atoms with Gasteiger partial charge in [0, 0.05) is 43.8 Å². The highest BCUT2D eigenvalue weighted by atomic mass is 32.1. The molecule has 0 radical (unpaired) electrons. The third-order valence-electron chi connectivity index (χ3n) is 4.98. The molecule has 7 heteroatoms. The third kappa shape index (κ3) is 5.31. The summed E-state index contributed by atoms with van der Waals surface area (Å²) >= 11 is 1.42. The first-order valence-electron chi connectivity index (χ1n) is 10.1. The van der Waals surface area contributed by atoms with Crippen LogP contribution in [-0.4, -0.2) is 58.4 Å². The molecule has 0 atom stereocenters. The van der Waals surface area contributed by atoms with E-state index in [-0.39, 0.29) is 5.91 Å². The number of pyridine rings is 1. The monoisotopic (exact) mass is 419 g/mol. The minimum atomic E-state index is -0.00372. The standard InChI is InChI=1S/C23H25N5OS/c1-18-7-5-11-21(24-18)26-23-25-20(17-30-23)22(29)28-15-13-27(14-16-28)12-6-10-19-8-3-2-4-9-19/h2-11,17H,12-16H2,1H3,(H,24,25,26)/b10-6+. The smallest absolute Gasteiger partial charge is 0.273 e. The molecule has 1 amide bonds. The molecule has 0 aliphatic carbocycles. The molecule has 1 aliphatic heterocycles. The van der Waals surface area contributed by atoms with E-state index >= 15 is 0 Å². The van der Waals surface area contributed by atoms with E-state index in [1.165, 1.54) is 16.9 Å². The minimum Gasteiger partial charge on any atom is -0.335 e. The summed E-state index contributed by atoms with van der Waals surface area (Å²) in [5.74, 6) is 0.733. The van der Waals surface area contributed by atoms with Crippen LogP contribution in [0.1, 0.15) is 21.7 Å². The van der Waals surface area contributed by atoms with Gasteiger partial charge in [-0.3, -0.25) is 9.69 Å². The van der Waals surface area contributed by atoms with Gasteiger partial charge in [-0.25, -0.2) is 9.97 Å². The number of benzene rings is 1. The van der Waals surface area contributed by atoms with Gasteiger partial charge >= 0.3 is 0 Å². The maximum Gasteiger partial charge on any atom is 0.273 e. The van der Waals surface area contributed by atoms with Gasteiger partial charge in [-0.1, -0.05) is 48.6 Å². The van der Waals surface area contributed by atoms with E-state index in [9.17, 15) is 4.79 Å². The molecule has 1 saturated heterocycles. The quantitative estimate of drug-likeness (QED) is 0.653. The first-order valence-corrected chi connectivity index (χ1v) is 10.9. The van der Waals surface area contributed by atoms with Crippen LogP contribution in [0, 0.1) is 6.92 Å². The number of amides is 1. The van der Waals surface area contributed by atoms with Gasteiger partial charge in [0.25, 0.3) is 5.91 Å². The summed E-state index contributed by atoms with van der Waals surface area (Å²) in [5, 5.41) is 5.67. The number of nitrogens with zero attached hydrogens (tertiary/aromatic N) is 4. The van der Waals surface area contributed by atoms with Crippen molar-refractivity contribution < 1.29 is 4.79 Å². The van der Waals surface area contributed by atoms with Crippen molar-refractivity contribution in [3.8, 4) is 0 Å². The maximum absolute atomic E-state index is 12.8. The molecular weight excluding hydrogens is 394 g/mol. The molecule has 1 aliphatic rings. The SMILES string of the molecule is Cc1cccc(Nc2nc(C(=O)N3CCN(C/C=C/c4ccccc4)CC3)cs2)n1. The molecule has 30 heavy (non-hydrogen) atoms. The van der Waals surface area contributed by atoms with Crippen molar-refractivity contribution in [3.63, 3.8) is 0 Å². The van der Waals surface area contributed by atoms with E-state index in [0.29, 0.717) is 10.8 Å². The Labute approximate surface area is 180 Å². The first kappa shape index (κ1) is 20.3. The Hall–Kier alpha value is -3.03. The molecule has 0 bridgehead atoms. The van der Waals surface area contributed by atoms with Crippen LogP contribution in [-0.2, 0) is 0 Å². The average molecular weight is 420 g/mol. The van der Waals surface area contributed by atoms with E-state index < -0.39 is 0 Å². The van der Waals surface area contributed by atoms with Crippen molar-refractivity contribution in [3.05, 3.63) is 76.9 Å². The van der Waals surface area contributed by atoms with Gasteiger partial charge in [0.15, 0.2) is 5.13 Å². The van der Waals surface area contributed by atoms with E-state index in [1.54, 1.807) is 0 Å². The molecule has 0 saturated carbocycles. The molecule has 2 aromatic heterocycles. The molecule has 1 aromatic carbocycles. The Balaban J connectivity index is 1.27. The highest BCUT2D eigenvalue weighted by Gasteiger charge is 2.23. The summed E-state index contributed by atoms with van der Waals surface area (Å²) in [5.41, 5.74) is 2.64. The van der Waals surface area contributed by atoms with Crippen molar-refractivity contribution in [2.75, 3.05) is 38.0 Å². The van der Waals surface area contributed by atoms with Crippen molar-refractivity contribution in [2.45, 2.75) is 6.92 Å². The van der Waals surface area contributed by atoms with Gasteiger partial charge in [-0.15, -0.1) is 11.3 Å². The van der Waals surface area contributed by atoms with Gasteiger partial charge in [-0.05, 0) is 24.6 Å². The summed E-state index contributed by atoms with van der Waals surface area (Å²) in [6, 6.07) is 16.1. The highest BCUT2D eigenvalue weighted by molar-refractivity contribution is 7.14. The van der Waals surface area contributed by atoms with Crippen LogP contribution in [0.25, 0.3) is 6.08 Å². The Morgan fingerprint density at radius 1 is 1.07 bits per heavy atom. The number of aryl methyl sites for hydroxylation is 1. The maximum atomic E-state index is 12.8. The summed E-state index contributed by atoms with van der Waals surface area (Å²) in [7, 11) is 0. The minimum absolute atomic E-state index is 0.00372. The Kier molecular flexibility index (Phi) is 6.51. The number of anilines is 2. The number of thiazole rings is 1. The van der Waals surface area contributed by atoms with Crippen LogP contribution in [0.3, 0.4) is 0 Å². The predicted octanol–water partition coefficient (Wildman–Crippen LogP) is 4.06. The van der Waals surface area contributed by atoms with E-state index in [4.69, 9.17) is 0 Å². The normalized spacial score (nSPS) is 14.9. The van der Waals surface area contributed by atoms with E-state index in [1.807, 2.05) is 53.6 Å². The van der Waals surface area contributed by atoms with Crippen molar-refractivity contribution in [1.29, 1.82) is 0 Å². The molecule has 6 nitrogen and oxygen atoms in total. The van der Waals surface area contributed by atoms with Crippen molar-refractivity contribution in [2.24, 2.45) is 0 Å². The van der Waals surface area contributed by atoms with Crippen molar-refractivity contribution in [1.82, 2.24) is 19.8 Å². The number of carbonyl (C=O) groups is 1. The molecule has 1 N–H and O–H groups in total. The number of rotatable bonds is 6. The fourth-order valence-corrected chi connectivity index (χ4v) is 4.04. The zero-order valence-electron chi connectivity index (χ0n) is 17.0. The van der Waals surface area contributed by atoms with Gasteiger partial charge in [-0.2, -0.15) is 0 Å². The summed E-state index contributed by atoms with van der Waals surface area (Å²) in [6.45, 7) is 6.01. The van der Waals surface area contributed by atoms with Crippen LogP contribution in [0.15, 0.2) is 60.0 Å². The van der Waals surface area contributed by atoms with Gasteiger partial charge in [0.1, 0.15) is 11.5 Å². The fourth-order valence-electron chi connectivity index (χ4n) is 3.35. The molecule has 1 fully saturated rings. The summed E-state index contributed by atoms with van der Waals surface area (Å²) in [6.07, 6.45) is 4.33. The Morgan fingerprint density at radius 3 is 2.63 bits per heavy atom. The number of piperazine rings is 1. The van der Waals surface area contributed by atoms with Gasteiger partial charge in [0.05, 0.1) is 0 Å². The lowest BCUT2D eigenvalue weighted by Crippen LogP contribution is -2.48. The second-order valence-electron chi connectivity index (χ2n) is 7.23. The van der Waals surface area contributed by atoms with Crippen LogP contribution in [0.5, 0.6) is 0 Å². The number of aromatic nitrogens is 2. The predicted molar refractivity (Wildman–Crippen MR) is 122 cm³/mol. The third-order valence-corrected chi connectivity index (χ3v) is 5.74. The lowest BCUT2D eigenvalue weighted by Gasteiger charge is -2.33.